The Morgan fingerprint density at radius 2 is 1.94 bits per heavy atom. The van der Waals surface area contributed by atoms with Crippen molar-refractivity contribution in [2.24, 2.45) is 0 Å². The minimum Gasteiger partial charge on any atom is -0.350 e. The molecule has 1 N–H and O–H groups in total. The van der Waals surface area contributed by atoms with Crippen LogP contribution >= 0.6 is 23.1 Å². The van der Waals surface area contributed by atoms with Crippen molar-refractivity contribution in [2.45, 2.75) is 48.7 Å². The predicted octanol–water partition coefficient (Wildman–Crippen LogP) is 3.05. The molecule has 12 heteroatoms. The van der Waals surface area contributed by atoms with Crippen molar-refractivity contribution in [1.29, 1.82) is 0 Å². The van der Waals surface area contributed by atoms with Crippen molar-refractivity contribution in [2.75, 3.05) is 12.8 Å². The molecule has 0 atom stereocenters. The highest BCUT2D eigenvalue weighted by atomic mass is 35.5. The van der Waals surface area contributed by atoms with Crippen molar-refractivity contribution < 1.29 is 13.2 Å². The Labute approximate surface area is 200 Å². The van der Waals surface area contributed by atoms with E-state index in [4.69, 9.17) is 16.7 Å². The zero-order chi connectivity index (χ0) is 23.3. The van der Waals surface area contributed by atoms with Crippen LogP contribution in [0.3, 0.4) is 0 Å². The summed E-state index contributed by atoms with van der Waals surface area (Å²) < 4.78 is 27.3. The van der Waals surface area contributed by atoms with Gasteiger partial charge in [0.2, 0.25) is 5.01 Å². The number of carbonyl (C=O) groups excluding carboxylic acids is 1. The molecule has 0 unspecified atom stereocenters. The average molecular weight is 507 g/mol. The molecule has 0 bridgehead atoms. The Morgan fingerprint density at radius 3 is 2.55 bits per heavy atom. The van der Waals surface area contributed by atoms with Crippen LogP contribution in [0.2, 0.25) is 5.02 Å². The van der Waals surface area contributed by atoms with Crippen LogP contribution in [0.5, 0.6) is 0 Å². The second kappa shape index (κ2) is 8.14. The maximum atomic E-state index is 12.6. The third-order valence-corrected chi connectivity index (χ3v) is 9.71. The van der Waals surface area contributed by atoms with Gasteiger partial charge in [-0.3, -0.25) is 4.79 Å². The molecule has 3 aromatic rings. The van der Waals surface area contributed by atoms with Crippen LogP contribution < -0.4 is 5.32 Å². The summed E-state index contributed by atoms with van der Waals surface area (Å²) in [5.41, 5.74) is 1.64. The number of nitrogens with one attached hydrogen (secondary N) is 1. The Kier molecular flexibility index (Phi) is 5.53. The normalized spacial score (nSPS) is 18.5. The molecule has 0 spiro atoms. The van der Waals surface area contributed by atoms with Crippen molar-refractivity contribution in [3.05, 3.63) is 52.0 Å². The molecule has 5 rings (SSSR count). The van der Waals surface area contributed by atoms with E-state index in [0.717, 1.165) is 48.6 Å². The molecule has 1 aromatic carbocycles. The molecule has 0 radical (unpaired) electrons. The van der Waals surface area contributed by atoms with Crippen molar-refractivity contribution in [3.8, 4) is 5.69 Å². The van der Waals surface area contributed by atoms with Gasteiger partial charge in [0.25, 0.3) is 5.91 Å². The fourth-order valence-corrected chi connectivity index (χ4v) is 6.43. The maximum absolute atomic E-state index is 12.6. The zero-order valence-corrected chi connectivity index (χ0v) is 20.4. The van der Waals surface area contributed by atoms with Gasteiger partial charge in [-0.1, -0.05) is 18.0 Å². The summed E-state index contributed by atoms with van der Waals surface area (Å²) in [6.07, 6.45) is 7.82. The summed E-state index contributed by atoms with van der Waals surface area (Å²) in [7, 11) is -3.31. The van der Waals surface area contributed by atoms with Gasteiger partial charge in [-0.2, -0.15) is 19.4 Å². The summed E-state index contributed by atoms with van der Waals surface area (Å²) in [5, 5.41) is 12.9. The number of rotatable bonds is 8. The van der Waals surface area contributed by atoms with Crippen LogP contribution in [0.15, 0.2) is 30.5 Å². The first-order valence-electron chi connectivity index (χ1n) is 10.7. The summed E-state index contributed by atoms with van der Waals surface area (Å²) in [6, 6.07) is 7.33. The molecule has 2 fully saturated rings. The lowest BCUT2D eigenvalue weighted by Gasteiger charge is -2.40. The molecule has 2 saturated carbocycles. The minimum absolute atomic E-state index is 0.112. The lowest BCUT2D eigenvalue weighted by atomic mass is 9.65. The molecule has 2 aliphatic carbocycles. The second-order valence-electron chi connectivity index (χ2n) is 8.83. The van der Waals surface area contributed by atoms with Crippen LogP contribution in [-0.2, 0) is 20.0 Å². The lowest BCUT2D eigenvalue weighted by Crippen LogP contribution is -2.39. The van der Waals surface area contributed by atoms with Crippen LogP contribution in [-0.4, -0.2) is 51.5 Å². The van der Waals surface area contributed by atoms with E-state index in [-0.39, 0.29) is 22.2 Å². The van der Waals surface area contributed by atoms with Gasteiger partial charge in [0.1, 0.15) is 4.75 Å². The van der Waals surface area contributed by atoms with E-state index < -0.39 is 14.6 Å². The van der Waals surface area contributed by atoms with Gasteiger partial charge in [-0.15, -0.1) is 0 Å². The SMILES string of the molecule is CS(=O)(=O)C1(c2nsc(C(=O)NCCC3(c4cnn(-c5ccc(Cl)cc5)n4)CCC3)n2)CC1. The highest BCUT2D eigenvalue weighted by molar-refractivity contribution is 7.91. The molecule has 0 saturated heterocycles. The van der Waals surface area contributed by atoms with Gasteiger partial charge in [0.05, 0.1) is 17.6 Å². The van der Waals surface area contributed by atoms with Crippen LogP contribution in [0.4, 0.5) is 0 Å². The quantitative estimate of drug-likeness (QED) is 0.498. The second-order valence-corrected chi connectivity index (χ2v) is 12.3. The topological polar surface area (TPSA) is 120 Å². The molecule has 174 valence electrons. The van der Waals surface area contributed by atoms with Gasteiger partial charge in [-0.05, 0) is 67.9 Å². The maximum Gasteiger partial charge on any atom is 0.281 e. The number of amides is 1. The van der Waals surface area contributed by atoms with E-state index in [2.05, 4.69) is 19.8 Å². The number of sulfone groups is 1. The number of carbonyl (C=O) groups is 1. The van der Waals surface area contributed by atoms with Gasteiger partial charge >= 0.3 is 0 Å². The third-order valence-electron chi connectivity index (χ3n) is 6.73. The number of halogens is 1. The Balaban J connectivity index is 1.22. The number of aromatic nitrogens is 5. The molecule has 9 nitrogen and oxygen atoms in total. The number of hydrogen-bond donors (Lipinski definition) is 1. The summed E-state index contributed by atoms with van der Waals surface area (Å²) >= 11 is 6.91. The zero-order valence-electron chi connectivity index (χ0n) is 18.0. The van der Waals surface area contributed by atoms with Crippen molar-refractivity contribution in [3.63, 3.8) is 0 Å². The standard InChI is InChI=1S/C21H23ClN6O3S2/c1-33(30,31)21(9-10-21)19-25-18(32-27-19)17(29)23-12-11-20(7-2-8-20)16-13-24-28(26-16)15-5-3-14(22)4-6-15/h3-6,13H,2,7-12H2,1H3,(H,23,29). The smallest absolute Gasteiger partial charge is 0.281 e. The number of benzene rings is 1. The van der Waals surface area contributed by atoms with Gasteiger partial charge < -0.3 is 5.32 Å². The number of nitrogens with zero attached hydrogens (tertiary/aromatic N) is 5. The van der Waals surface area contributed by atoms with E-state index in [0.29, 0.717) is 24.4 Å². The van der Waals surface area contributed by atoms with E-state index in [1.54, 1.807) is 23.1 Å². The molecular weight excluding hydrogens is 484 g/mol. The molecule has 2 aliphatic rings. The largest absolute Gasteiger partial charge is 0.350 e. The first-order chi connectivity index (χ1) is 15.7. The molecule has 2 heterocycles. The molecule has 0 aliphatic heterocycles. The van der Waals surface area contributed by atoms with Crippen LogP contribution in [0.1, 0.15) is 59.8 Å². The molecule has 33 heavy (non-hydrogen) atoms. The predicted molar refractivity (Wildman–Crippen MR) is 125 cm³/mol. The van der Waals surface area contributed by atoms with Crippen molar-refractivity contribution >= 4 is 38.9 Å². The lowest BCUT2D eigenvalue weighted by molar-refractivity contribution is 0.0944. The van der Waals surface area contributed by atoms with Gasteiger partial charge in [-0.25, -0.2) is 13.4 Å². The van der Waals surface area contributed by atoms with Gasteiger partial charge in [0.15, 0.2) is 15.7 Å². The van der Waals surface area contributed by atoms with E-state index in [1.165, 1.54) is 6.26 Å². The number of hydrogen-bond acceptors (Lipinski definition) is 8. The van der Waals surface area contributed by atoms with Crippen LogP contribution in [0.25, 0.3) is 5.69 Å². The van der Waals surface area contributed by atoms with Gasteiger partial charge in [0, 0.05) is 23.2 Å². The summed E-state index contributed by atoms with van der Waals surface area (Å²) in [5.74, 6) is -0.0863. The Bertz CT molecular complexity index is 1290. The highest BCUT2D eigenvalue weighted by Crippen LogP contribution is 2.51. The van der Waals surface area contributed by atoms with Crippen molar-refractivity contribution in [1.82, 2.24) is 29.7 Å². The highest BCUT2D eigenvalue weighted by Gasteiger charge is 2.57. The minimum atomic E-state index is -3.31. The molecular formula is C21H23ClN6O3S2. The van der Waals surface area contributed by atoms with E-state index in [9.17, 15) is 13.2 Å². The fraction of sp³-hybridized carbons (Fsp3) is 0.476. The Hall–Kier alpha value is -2.37. The first kappa shape index (κ1) is 22.4. The summed E-state index contributed by atoms with van der Waals surface area (Å²) in [6.45, 7) is 0.457. The first-order valence-corrected chi connectivity index (χ1v) is 13.8. The Morgan fingerprint density at radius 1 is 1.21 bits per heavy atom. The molecule has 2 aromatic heterocycles. The average Bonchev–Trinajstić information content (AvgIpc) is 3.19. The fourth-order valence-electron chi connectivity index (χ4n) is 4.31. The molecule has 1 amide bonds. The van der Waals surface area contributed by atoms with Crippen LogP contribution in [0, 0.1) is 0 Å². The van der Waals surface area contributed by atoms with E-state index in [1.807, 2.05) is 12.1 Å². The monoisotopic (exact) mass is 506 g/mol. The third kappa shape index (κ3) is 4.06. The van der Waals surface area contributed by atoms with E-state index >= 15 is 0 Å². The summed E-state index contributed by atoms with van der Waals surface area (Å²) in [4.78, 5) is 18.4.